The van der Waals surface area contributed by atoms with E-state index in [-0.39, 0.29) is 5.91 Å². The Balaban J connectivity index is 1.46. The van der Waals surface area contributed by atoms with Gasteiger partial charge in [-0.25, -0.2) is 4.98 Å². The Morgan fingerprint density at radius 1 is 1.22 bits per heavy atom. The number of nitrogens with one attached hydrogen (secondary N) is 1. The molecule has 0 fully saturated rings. The maximum atomic E-state index is 12.0. The number of para-hydroxylation sites is 1. The van der Waals surface area contributed by atoms with Gasteiger partial charge in [-0.15, -0.1) is 11.3 Å². The highest BCUT2D eigenvalue weighted by molar-refractivity contribution is 7.18. The average molecular weight is 326 g/mol. The summed E-state index contributed by atoms with van der Waals surface area (Å²) in [6, 6.07) is 15.4. The molecule has 1 heterocycles. The predicted octanol–water partition coefficient (Wildman–Crippen LogP) is 4.40. The average Bonchev–Trinajstić information content (AvgIpc) is 2.92. The van der Waals surface area contributed by atoms with Crippen molar-refractivity contribution in [2.24, 2.45) is 0 Å². The fraction of sp³-hybridized carbons (Fsp3) is 0.222. The summed E-state index contributed by atoms with van der Waals surface area (Å²) in [5.41, 5.74) is 1.72. The topological polar surface area (TPSA) is 51.2 Å². The summed E-state index contributed by atoms with van der Waals surface area (Å²) in [7, 11) is 0. The molecule has 0 aliphatic carbocycles. The molecule has 5 heteroatoms. The molecule has 0 aliphatic heterocycles. The van der Waals surface area contributed by atoms with Gasteiger partial charge in [0.05, 0.1) is 21.8 Å². The van der Waals surface area contributed by atoms with E-state index in [0.29, 0.717) is 19.4 Å². The molecule has 1 aromatic heterocycles. The maximum Gasteiger partial charge on any atom is 0.224 e. The monoisotopic (exact) mass is 326 g/mol. The van der Waals surface area contributed by atoms with Crippen molar-refractivity contribution in [3.8, 4) is 5.75 Å². The summed E-state index contributed by atoms with van der Waals surface area (Å²) in [4.78, 5) is 16.4. The molecular weight excluding hydrogens is 308 g/mol. The van der Waals surface area contributed by atoms with Crippen LogP contribution in [0.3, 0.4) is 0 Å². The van der Waals surface area contributed by atoms with E-state index in [0.717, 1.165) is 26.7 Å². The van der Waals surface area contributed by atoms with Crippen molar-refractivity contribution >= 4 is 33.1 Å². The molecule has 3 rings (SSSR count). The molecule has 0 bridgehead atoms. The molecule has 3 aromatic rings. The lowest BCUT2D eigenvalue weighted by molar-refractivity contribution is -0.116. The molecule has 0 unspecified atom stereocenters. The number of ether oxygens (including phenoxy) is 1. The number of hydrogen-bond donors (Lipinski definition) is 1. The molecule has 0 saturated heterocycles. The third-order valence-corrected chi connectivity index (χ3v) is 4.29. The van der Waals surface area contributed by atoms with Gasteiger partial charge in [-0.1, -0.05) is 18.2 Å². The van der Waals surface area contributed by atoms with Crippen LogP contribution in [0.25, 0.3) is 10.2 Å². The number of thiazole rings is 1. The summed E-state index contributed by atoms with van der Waals surface area (Å²) in [5, 5.41) is 3.94. The third kappa shape index (κ3) is 4.29. The molecule has 0 aliphatic rings. The number of anilines is 1. The number of aryl methyl sites for hydroxylation is 1. The van der Waals surface area contributed by atoms with E-state index in [9.17, 15) is 4.79 Å². The number of aromatic nitrogens is 1. The minimum absolute atomic E-state index is 0.00652. The van der Waals surface area contributed by atoms with Gasteiger partial charge in [-0.2, -0.15) is 0 Å². The zero-order valence-corrected chi connectivity index (χ0v) is 13.7. The molecule has 2 aromatic carbocycles. The van der Waals surface area contributed by atoms with Gasteiger partial charge in [-0.3, -0.25) is 4.79 Å². The van der Waals surface area contributed by atoms with Gasteiger partial charge in [0.2, 0.25) is 5.91 Å². The molecule has 1 amide bonds. The van der Waals surface area contributed by atoms with E-state index >= 15 is 0 Å². The normalized spacial score (nSPS) is 10.7. The van der Waals surface area contributed by atoms with Gasteiger partial charge in [0.15, 0.2) is 0 Å². The van der Waals surface area contributed by atoms with Crippen LogP contribution >= 0.6 is 11.3 Å². The van der Waals surface area contributed by atoms with E-state index in [4.69, 9.17) is 4.74 Å². The third-order valence-electron chi connectivity index (χ3n) is 3.34. The molecule has 118 valence electrons. The smallest absolute Gasteiger partial charge is 0.224 e. The molecule has 4 nitrogen and oxygen atoms in total. The number of rotatable bonds is 6. The first-order valence-electron chi connectivity index (χ1n) is 7.55. The zero-order valence-electron chi connectivity index (χ0n) is 12.9. The number of fused-ring (bicyclic) bond motifs is 1. The zero-order chi connectivity index (χ0) is 16.1. The summed E-state index contributed by atoms with van der Waals surface area (Å²) >= 11 is 1.65. The fourth-order valence-electron chi connectivity index (χ4n) is 2.28. The standard InChI is InChI=1S/C18H18N2O2S/c1-13-19-16-12-14(9-10-17(16)23-13)20-18(21)8-5-11-22-15-6-3-2-4-7-15/h2-4,6-7,9-10,12H,5,8,11H2,1H3,(H,20,21). The van der Waals surface area contributed by atoms with Crippen molar-refractivity contribution in [1.82, 2.24) is 4.98 Å². The first-order chi connectivity index (χ1) is 11.2. The first-order valence-corrected chi connectivity index (χ1v) is 8.37. The van der Waals surface area contributed by atoms with Crippen LogP contribution in [-0.4, -0.2) is 17.5 Å². The number of amides is 1. The highest BCUT2D eigenvalue weighted by Gasteiger charge is 2.05. The molecule has 0 radical (unpaired) electrons. The lowest BCUT2D eigenvalue weighted by atomic mass is 10.2. The summed E-state index contributed by atoms with van der Waals surface area (Å²) in [5.74, 6) is 0.824. The number of benzene rings is 2. The quantitative estimate of drug-likeness (QED) is 0.683. The van der Waals surface area contributed by atoms with Crippen molar-refractivity contribution < 1.29 is 9.53 Å². The van der Waals surface area contributed by atoms with E-state index < -0.39 is 0 Å². The minimum atomic E-state index is -0.00652. The Bertz CT molecular complexity index is 799. The Kier molecular flexibility index (Phi) is 4.88. The molecule has 0 atom stereocenters. The largest absolute Gasteiger partial charge is 0.494 e. The van der Waals surface area contributed by atoms with Crippen molar-refractivity contribution in [1.29, 1.82) is 0 Å². The van der Waals surface area contributed by atoms with Gasteiger partial charge in [0, 0.05) is 12.1 Å². The Morgan fingerprint density at radius 3 is 2.87 bits per heavy atom. The van der Waals surface area contributed by atoms with Crippen molar-refractivity contribution in [3.63, 3.8) is 0 Å². The molecule has 1 N–H and O–H groups in total. The second kappa shape index (κ2) is 7.24. The Labute approximate surface area is 139 Å². The maximum absolute atomic E-state index is 12.0. The fourth-order valence-corrected chi connectivity index (χ4v) is 3.09. The van der Waals surface area contributed by atoms with Gasteiger partial charge in [-0.05, 0) is 43.7 Å². The van der Waals surface area contributed by atoms with Gasteiger partial charge in [0.25, 0.3) is 0 Å². The molecule has 23 heavy (non-hydrogen) atoms. The molecular formula is C18H18N2O2S. The molecule has 0 saturated carbocycles. The van der Waals surface area contributed by atoms with Crippen LogP contribution < -0.4 is 10.1 Å². The molecule has 0 spiro atoms. The Hall–Kier alpha value is -2.40. The van der Waals surface area contributed by atoms with Crippen molar-refractivity contribution in [2.75, 3.05) is 11.9 Å². The van der Waals surface area contributed by atoms with Gasteiger partial charge >= 0.3 is 0 Å². The summed E-state index contributed by atoms with van der Waals surface area (Å²) in [6.07, 6.45) is 1.11. The minimum Gasteiger partial charge on any atom is -0.494 e. The van der Waals surface area contributed by atoms with Crippen LogP contribution in [0.4, 0.5) is 5.69 Å². The van der Waals surface area contributed by atoms with Crippen LogP contribution in [0, 0.1) is 6.92 Å². The van der Waals surface area contributed by atoms with Crippen LogP contribution in [0.15, 0.2) is 48.5 Å². The lowest BCUT2D eigenvalue weighted by Gasteiger charge is -2.07. The second-order valence-electron chi connectivity index (χ2n) is 5.23. The Morgan fingerprint density at radius 2 is 2.04 bits per heavy atom. The highest BCUT2D eigenvalue weighted by Crippen LogP contribution is 2.24. The first kappa shape index (κ1) is 15.5. The van der Waals surface area contributed by atoms with Gasteiger partial charge < -0.3 is 10.1 Å². The highest BCUT2D eigenvalue weighted by atomic mass is 32.1. The number of carbonyl (C=O) groups is 1. The second-order valence-corrected chi connectivity index (χ2v) is 6.46. The predicted molar refractivity (Wildman–Crippen MR) is 94.2 cm³/mol. The van der Waals surface area contributed by atoms with E-state index in [1.54, 1.807) is 11.3 Å². The summed E-state index contributed by atoms with van der Waals surface area (Å²) < 4.78 is 6.71. The van der Waals surface area contributed by atoms with Crippen LogP contribution in [0.5, 0.6) is 5.75 Å². The van der Waals surface area contributed by atoms with Crippen molar-refractivity contribution in [2.45, 2.75) is 19.8 Å². The SMILES string of the molecule is Cc1nc2cc(NC(=O)CCCOc3ccccc3)ccc2s1. The van der Waals surface area contributed by atoms with E-state index in [1.807, 2.05) is 55.5 Å². The van der Waals surface area contributed by atoms with Crippen LogP contribution in [0.2, 0.25) is 0 Å². The number of nitrogens with zero attached hydrogens (tertiary/aromatic N) is 1. The van der Waals surface area contributed by atoms with Crippen LogP contribution in [0.1, 0.15) is 17.8 Å². The number of carbonyl (C=O) groups excluding carboxylic acids is 1. The number of hydrogen-bond acceptors (Lipinski definition) is 4. The van der Waals surface area contributed by atoms with E-state index in [2.05, 4.69) is 10.3 Å². The van der Waals surface area contributed by atoms with Crippen LogP contribution in [-0.2, 0) is 4.79 Å². The lowest BCUT2D eigenvalue weighted by Crippen LogP contribution is -2.12. The van der Waals surface area contributed by atoms with Crippen molar-refractivity contribution in [3.05, 3.63) is 53.5 Å². The van der Waals surface area contributed by atoms with Gasteiger partial charge in [0.1, 0.15) is 5.75 Å². The van der Waals surface area contributed by atoms with E-state index in [1.165, 1.54) is 0 Å². The summed E-state index contributed by atoms with van der Waals surface area (Å²) in [6.45, 7) is 2.51.